The number of H-pyrrole nitrogens is 1. The van der Waals surface area contributed by atoms with Crippen LogP contribution in [0.1, 0.15) is 50.8 Å². The standard InChI is InChI=1S/C20H26N6O3/c1-2-12-8-14(29-20(28)25-7-3-4-13(27)11-25)9-15(12)19-24-23-17-10-22-18-16(26(17)19)5-6-21-18/h5-6,10,12-15,21,27H,2-4,7-9,11H2,1H3/t12-,13-,14+,15+/m1/s1. The van der Waals surface area contributed by atoms with E-state index in [-0.39, 0.29) is 18.1 Å². The Morgan fingerprint density at radius 3 is 3.10 bits per heavy atom. The number of nitrogens with one attached hydrogen (secondary N) is 1. The van der Waals surface area contributed by atoms with Gasteiger partial charge in [-0.05, 0) is 37.7 Å². The Kier molecular flexibility index (Phi) is 4.61. The van der Waals surface area contributed by atoms with Crippen LogP contribution >= 0.6 is 0 Å². The molecule has 4 heterocycles. The van der Waals surface area contributed by atoms with Gasteiger partial charge in [0.2, 0.25) is 0 Å². The lowest BCUT2D eigenvalue weighted by Crippen LogP contribution is -2.43. The van der Waals surface area contributed by atoms with Gasteiger partial charge in [-0.25, -0.2) is 9.78 Å². The first-order valence-electron chi connectivity index (χ1n) is 10.4. The number of nitrogens with zero attached hydrogens (tertiary/aromatic N) is 5. The second-order valence-electron chi connectivity index (χ2n) is 8.22. The zero-order chi connectivity index (χ0) is 20.0. The number of aliphatic hydroxyl groups excluding tert-OH is 1. The molecule has 1 saturated carbocycles. The van der Waals surface area contributed by atoms with Crippen molar-refractivity contribution in [1.29, 1.82) is 0 Å². The molecule has 5 rings (SSSR count). The van der Waals surface area contributed by atoms with E-state index in [9.17, 15) is 9.90 Å². The van der Waals surface area contributed by atoms with Crippen LogP contribution in [0.15, 0.2) is 18.5 Å². The number of aromatic nitrogens is 5. The van der Waals surface area contributed by atoms with Crippen molar-refractivity contribution >= 4 is 22.9 Å². The topological polar surface area (TPSA) is 109 Å². The number of hydrogen-bond acceptors (Lipinski definition) is 6. The van der Waals surface area contributed by atoms with Crippen LogP contribution in [0, 0.1) is 5.92 Å². The Hall–Kier alpha value is -2.68. The van der Waals surface area contributed by atoms with Crippen LogP contribution in [-0.4, -0.2) is 66.0 Å². The molecular formula is C20H26N6O3. The number of amides is 1. The molecule has 2 aliphatic rings. The molecule has 4 atom stereocenters. The molecular weight excluding hydrogens is 372 g/mol. The molecule has 1 aliphatic heterocycles. The number of likely N-dealkylation sites (tertiary alicyclic amines) is 1. The lowest BCUT2D eigenvalue weighted by Gasteiger charge is -2.30. The molecule has 2 fully saturated rings. The molecule has 9 heteroatoms. The number of piperidine rings is 1. The van der Waals surface area contributed by atoms with E-state index in [1.807, 2.05) is 12.3 Å². The van der Waals surface area contributed by atoms with Crippen molar-refractivity contribution < 1.29 is 14.6 Å². The summed E-state index contributed by atoms with van der Waals surface area (Å²) in [5, 5.41) is 18.6. The smallest absolute Gasteiger partial charge is 0.410 e. The van der Waals surface area contributed by atoms with Crippen LogP contribution in [0.25, 0.3) is 16.8 Å². The van der Waals surface area contributed by atoms with E-state index >= 15 is 0 Å². The van der Waals surface area contributed by atoms with Crippen molar-refractivity contribution in [2.45, 2.75) is 57.2 Å². The summed E-state index contributed by atoms with van der Waals surface area (Å²) in [5.74, 6) is 1.44. The van der Waals surface area contributed by atoms with Crippen LogP contribution in [-0.2, 0) is 4.74 Å². The van der Waals surface area contributed by atoms with Crippen LogP contribution in [0.3, 0.4) is 0 Å². The van der Waals surface area contributed by atoms with Crippen LogP contribution in [0.4, 0.5) is 4.79 Å². The van der Waals surface area contributed by atoms with Crippen molar-refractivity contribution in [2.75, 3.05) is 13.1 Å². The monoisotopic (exact) mass is 398 g/mol. The number of rotatable bonds is 3. The zero-order valence-corrected chi connectivity index (χ0v) is 16.5. The van der Waals surface area contributed by atoms with Gasteiger partial charge in [0.1, 0.15) is 11.9 Å². The average Bonchev–Trinajstić information content (AvgIpc) is 3.44. The number of hydrogen-bond donors (Lipinski definition) is 2. The van der Waals surface area contributed by atoms with Gasteiger partial charge < -0.3 is 19.7 Å². The number of aromatic amines is 1. The predicted molar refractivity (Wildman–Crippen MR) is 105 cm³/mol. The largest absolute Gasteiger partial charge is 0.446 e. The van der Waals surface area contributed by atoms with E-state index < -0.39 is 6.10 Å². The Morgan fingerprint density at radius 2 is 2.28 bits per heavy atom. The predicted octanol–water partition coefficient (Wildman–Crippen LogP) is 2.47. The van der Waals surface area contributed by atoms with Gasteiger partial charge in [-0.1, -0.05) is 13.3 Å². The molecule has 0 unspecified atom stereocenters. The summed E-state index contributed by atoms with van der Waals surface area (Å²) < 4.78 is 7.91. The highest BCUT2D eigenvalue weighted by Gasteiger charge is 2.40. The third-order valence-corrected chi connectivity index (χ3v) is 6.40. The van der Waals surface area contributed by atoms with Gasteiger partial charge in [-0.2, -0.15) is 0 Å². The van der Waals surface area contributed by atoms with Gasteiger partial charge in [0.25, 0.3) is 0 Å². The average molecular weight is 398 g/mol. The van der Waals surface area contributed by atoms with E-state index in [4.69, 9.17) is 4.74 Å². The minimum absolute atomic E-state index is 0.146. The van der Waals surface area contributed by atoms with Crippen LogP contribution < -0.4 is 0 Å². The first-order valence-corrected chi connectivity index (χ1v) is 10.4. The number of carbonyl (C=O) groups excluding carboxylic acids is 1. The Morgan fingerprint density at radius 1 is 1.38 bits per heavy atom. The summed E-state index contributed by atoms with van der Waals surface area (Å²) in [4.78, 5) is 21.7. The van der Waals surface area contributed by atoms with Gasteiger partial charge in [0, 0.05) is 25.2 Å². The number of fused-ring (bicyclic) bond motifs is 3. The lowest BCUT2D eigenvalue weighted by molar-refractivity contribution is 0.0292. The molecule has 154 valence electrons. The highest BCUT2D eigenvalue weighted by molar-refractivity contribution is 5.74. The molecule has 0 bridgehead atoms. The van der Waals surface area contributed by atoms with Crippen LogP contribution in [0.2, 0.25) is 0 Å². The minimum Gasteiger partial charge on any atom is -0.446 e. The second-order valence-corrected chi connectivity index (χ2v) is 8.22. The molecule has 9 nitrogen and oxygen atoms in total. The maximum absolute atomic E-state index is 12.6. The molecule has 3 aromatic heterocycles. The van der Waals surface area contributed by atoms with Gasteiger partial charge in [-0.3, -0.25) is 4.40 Å². The van der Waals surface area contributed by atoms with Crippen molar-refractivity contribution in [2.24, 2.45) is 5.92 Å². The van der Waals surface area contributed by atoms with E-state index in [2.05, 4.69) is 31.5 Å². The third-order valence-electron chi connectivity index (χ3n) is 6.40. The Balaban J connectivity index is 1.38. The number of ether oxygens (including phenoxy) is 1. The number of aliphatic hydroxyl groups is 1. The summed E-state index contributed by atoms with van der Waals surface area (Å²) in [6, 6.07) is 1.98. The van der Waals surface area contributed by atoms with Gasteiger partial charge in [0.15, 0.2) is 11.3 Å². The van der Waals surface area contributed by atoms with E-state index in [1.54, 1.807) is 11.1 Å². The molecule has 2 N–H and O–H groups in total. The molecule has 0 aromatic carbocycles. The number of β-amino-alcohol motifs (C(OH)–C–C–N with tert-alkyl or cyclic N) is 1. The van der Waals surface area contributed by atoms with Gasteiger partial charge in [-0.15, -0.1) is 10.2 Å². The quantitative estimate of drug-likeness (QED) is 0.702. The maximum Gasteiger partial charge on any atom is 0.410 e. The molecule has 0 radical (unpaired) electrons. The minimum atomic E-state index is -0.448. The normalized spacial score (nSPS) is 27.7. The Labute approximate surface area is 168 Å². The maximum atomic E-state index is 12.6. The lowest BCUT2D eigenvalue weighted by atomic mass is 9.93. The summed E-state index contributed by atoms with van der Waals surface area (Å²) in [6.45, 7) is 3.18. The SMILES string of the molecule is CC[C@@H]1C[C@H](OC(=O)N2CCC[C@@H](O)C2)C[C@@H]1c1nnc2cnc3[nH]ccc3n12. The highest BCUT2D eigenvalue weighted by atomic mass is 16.6. The molecule has 0 spiro atoms. The van der Waals surface area contributed by atoms with E-state index in [0.29, 0.717) is 19.0 Å². The zero-order valence-electron chi connectivity index (χ0n) is 16.5. The van der Waals surface area contributed by atoms with Gasteiger partial charge >= 0.3 is 6.09 Å². The molecule has 1 amide bonds. The molecule has 29 heavy (non-hydrogen) atoms. The molecule has 3 aromatic rings. The van der Waals surface area contributed by atoms with Gasteiger partial charge in [0.05, 0.1) is 17.8 Å². The third kappa shape index (κ3) is 3.23. The van der Waals surface area contributed by atoms with Crippen molar-refractivity contribution in [1.82, 2.24) is 29.5 Å². The van der Waals surface area contributed by atoms with Crippen molar-refractivity contribution in [3.8, 4) is 0 Å². The molecule has 1 aliphatic carbocycles. The Bertz CT molecular complexity index is 1030. The van der Waals surface area contributed by atoms with Crippen molar-refractivity contribution in [3.05, 3.63) is 24.3 Å². The summed E-state index contributed by atoms with van der Waals surface area (Å²) in [5.41, 5.74) is 2.49. The fraction of sp³-hybridized carbons (Fsp3) is 0.600. The van der Waals surface area contributed by atoms with E-state index in [0.717, 1.165) is 54.7 Å². The fourth-order valence-corrected chi connectivity index (χ4v) is 4.91. The van der Waals surface area contributed by atoms with E-state index in [1.165, 1.54) is 0 Å². The number of carbonyl (C=O) groups is 1. The summed E-state index contributed by atoms with van der Waals surface area (Å²) in [6.07, 6.45) is 6.78. The van der Waals surface area contributed by atoms with Crippen LogP contribution in [0.5, 0.6) is 0 Å². The first kappa shape index (κ1) is 18.4. The highest BCUT2D eigenvalue weighted by Crippen LogP contribution is 2.42. The van der Waals surface area contributed by atoms with Crippen molar-refractivity contribution in [3.63, 3.8) is 0 Å². The summed E-state index contributed by atoms with van der Waals surface area (Å²) >= 11 is 0. The first-order chi connectivity index (χ1) is 14.1. The fourth-order valence-electron chi connectivity index (χ4n) is 4.91. The molecule has 1 saturated heterocycles. The summed E-state index contributed by atoms with van der Waals surface area (Å²) in [7, 11) is 0. The second kappa shape index (κ2) is 7.29.